The number of esters is 1. The molecule has 1 aromatic heterocycles. The van der Waals surface area contributed by atoms with Gasteiger partial charge in [-0.2, -0.15) is 0 Å². The van der Waals surface area contributed by atoms with E-state index in [2.05, 4.69) is 5.32 Å². The molecule has 5 nitrogen and oxygen atoms in total. The Balaban J connectivity index is 2.33. The van der Waals surface area contributed by atoms with Crippen molar-refractivity contribution in [2.75, 3.05) is 30.0 Å². The summed E-state index contributed by atoms with van der Waals surface area (Å²) in [7, 11) is 0. The number of thiophene rings is 1. The molecule has 2 N–H and O–H groups in total. The first-order valence-corrected chi connectivity index (χ1v) is 10.0. The zero-order chi connectivity index (χ0) is 18.2. The quantitative estimate of drug-likeness (QED) is 0.520. The Kier molecular flexibility index (Phi) is 7.77. The molecule has 1 heterocycles. The number of aliphatic hydroxyl groups excluding tert-OH is 1. The van der Waals surface area contributed by atoms with Gasteiger partial charge < -0.3 is 15.2 Å². The van der Waals surface area contributed by atoms with Gasteiger partial charge in [-0.3, -0.25) is 4.79 Å². The van der Waals surface area contributed by atoms with Crippen LogP contribution < -0.4 is 5.32 Å². The molecule has 0 unspecified atom stereocenters. The Bertz CT molecular complexity index is 748. The normalized spacial score (nSPS) is 10.5. The first-order chi connectivity index (χ1) is 12.1. The molecule has 2 rings (SSSR count). The van der Waals surface area contributed by atoms with Crippen LogP contribution in [0.25, 0.3) is 11.1 Å². The van der Waals surface area contributed by atoms with Crippen LogP contribution in [-0.4, -0.2) is 41.7 Å². The number of benzene rings is 1. The number of hydrogen-bond acceptors (Lipinski definition) is 6. The topological polar surface area (TPSA) is 75.6 Å². The molecule has 0 spiro atoms. The summed E-state index contributed by atoms with van der Waals surface area (Å²) < 4.78 is 5.14. The van der Waals surface area contributed by atoms with Gasteiger partial charge in [-0.1, -0.05) is 29.8 Å². The van der Waals surface area contributed by atoms with Crippen LogP contribution in [0.4, 0.5) is 5.00 Å². The Morgan fingerprint density at radius 1 is 1.32 bits per heavy atom. The third-order valence-electron chi connectivity index (χ3n) is 3.16. The second-order valence-corrected chi connectivity index (χ2v) is 7.27. The average molecular weight is 400 g/mol. The summed E-state index contributed by atoms with van der Waals surface area (Å²) in [5.74, 6) is -0.0659. The van der Waals surface area contributed by atoms with Gasteiger partial charge >= 0.3 is 5.97 Å². The van der Waals surface area contributed by atoms with Gasteiger partial charge in [0, 0.05) is 27.3 Å². The Morgan fingerprint density at radius 2 is 2.08 bits per heavy atom. The second-order valence-electron chi connectivity index (χ2n) is 4.88. The third-order valence-corrected chi connectivity index (χ3v) is 5.32. The van der Waals surface area contributed by atoms with Gasteiger partial charge in [0.1, 0.15) is 10.6 Å². The smallest absolute Gasteiger partial charge is 0.341 e. The fourth-order valence-corrected chi connectivity index (χ4v) is 3.86. The van der Waals surface area contributed by atoms with Gasteiger partial charge in [0.25, 0.3) is 0 Å². The van der Waals surface area contributed by atoms with Crippen LogP contribution in [0.15, 0.2) is 29.6 Å². The lowest BCUT2D eigenvalue weighted by Gasteiger charge is -2.09. The predicted octanol–water partition coefficient (Wildman–Crippen LogP) is 3.91. The van der Waals surface area contributed by atoms with E-state index in [9.17, 15) is 9.59 Å². The molecular formula is C17H18ClNO4S2. The van der Waals surface area contributed by atoms with Gasteiger partial charge in [-0.15, -0.1) is 23.1 Å². The number of halogens is 1. The molecule has 0 atom stereocenters. The van der Waals surface area contributed by atoms with Crippen LogP contribution >= 0.6 is 34.7 Å². The maximum Gasteiger partial charge on any atom is 0.341 e. The van der Waals surface area contributed by atoms with Gasteiger partial charge in [-0.05, 0) is 13.0 Å². The molecule has 0 saturated heterocycles. The number of anilines is 1. The summed E-state index contributed by atoms with van der Waals surface area (Å²) >= 11 is 8.82. The summed E-state index contributed by atoms with van der Waals surface area (Å²) in [5.41, 5.74) is 1.64. The van der Waals surface area contributed by atoms with Gasteiger partial charge in [0.05, 0.1) is 19.0 Å². The molecule has 0 saturated carbocycles. The standard InChI is InChI=1S/C17H18ClNO4S2/c1-2-23-17(22)15-12(11-5-3-4-6-13(11)18)9-25-16(15)19-14(21)10-24-8-7-20/h3-6,9,20H,2,7-8,10H2,1H3,(H,19,21). The number of carbonyl (C=O) groups excluding carboxylic acids is 2. The zero-order valence-corrected chi connectivity index (χ0v) is 16.0. The number of hydrogen-bond donors (Lipinski definition) is 2. The highest BCUT2D eigenvalue weighted by molar-refractivity contribution is 7.99. The number of thioether (sulfide) groups is 1. The molecule has 1 amide bonds. The third kappa shape index (κ3) is 5.22. The number of rotatable bonds is 8. The van der Waals surface area contributed by atoms with Gasteiger partial charge in [0.2, 0.25) is 5.91 Å². The molecule has 0 aliphatic heterocycles. The van der Waals surface area contributed by atoms with Crippen LogP contribution in [0.2, 0.25) is 5.02 Å². The van der Waals surface area contributed by atoms with Crippen molar-refractivity contribution in [3.05, 3.63) is 40.2 Å². The first kappa shape index (κ1) is 19.8. The van der Waals surface area contributed by atoms with Crippen LogP contribution in [0, 0.1) is 0 Å². The van der Waals surface area contributed by atoms with Crippen LogP contribution in [-0.2, 0) is 9.53 Å². The maximum absolute atomic E-state index is 12.4. The van der Waals surface area contributed by atoms with E-state index in [-0.39, 0.29) is 24.9 Å². The van der Waals surface area contributed by atoms with Crippen molar-refractivity contribution in [2.45, 2.75) is 6.92 Å². The molecule has 0 aliphatic rings. The fourth-order valence-electron chi connectivity index (χ4n) is 2.13. The monoisotopic (exact) mass is 399 g/mol. The summed E-state index contributed by atoms with van der Waals surface area (Å²) in [6.45, 7) is 1.97. The summed E-state index contributed by atoms with van der Waals surface area (Å²) in [6, 6.07) is 7.20. The molecule has 0 fully saturated rings. The summed E-state index contributed by atoms with van der Waals surface area (Å²) in [5, 5.41) is 14.3. The Morgan fingerprint density at radius 3 is 2.76 bits per heavy atom. The Labute approximate surface area is 159 Å². The van der Waals surface area contributed by atoms with Gasteiger partial charge in [-0.25, -0.2) is 4.79 Å². The molecule has 134 valence electrons. The molecular weight excluding hydrogens is 382 g/mol. The van der Waals surface area contributed by atoms with Crippen molar-refractivity contribution < 1.29 is 19.4 Å². The van der Waals surface area contributed by atoms with Crippen molar-refractivity contribution in [2.24, 2.45) is 0 Å². The molecule has 0 radical (unpaired) electrons. The molecule has 0 bridgehead atoms. The number of nitrogens with one attached hydrogen (secondary N) is 1. The van der Waals surface area contributed by atoms with E-state index >= 15 is 0 Å². The van der Waals surface area contributed by atoms with Crippen molar-refractivity contribution >= 4 is 51.6 Å². The van der Waals surface area contributed by atoms with Crippen LogP contribution in [0.1, 0.15) is 17.3 Å². The number of carbonyl (C=O) groups is 2. The SMILES string of the molecule is CCOC(=O)c1c(-c2ccccc2Cl)csc1NC(=O)CSCCO. The summed E-state index contributed by atoms with van der Waals surface area (Å²) in [4.78, 5) is 24.5. The largest absolute Gasteiger partial charge is 0.462 e. The minimum atomic E-state index is -0.503. The second kappa shape index (κ2) is 9.82. The molecule has 8 heteroatoms. The van der Waals surface area contributed by atoms with E-state index < -0.39 is 5.97 Å². The Hall–Kier alpha value is -1.54. The van der Waals surface area contributed by atoms with E-state index in [0.29, 0.717) is 32.5 Å². The van der Waals surface area contributed by atoms with Crippen molar-refractivity contribution in [3.63, 3.8) is 0 Å². The minimum absolute atomic E-state index is 0.0156. The highest BCUT2D eigenvalue weighted by atomic mass is 35.5. The molecule has 1 aromatic carbocycles. The van der Waals surface area contributed by atoms with Crippen molar-refractivity contribution in [1.82, 2.24) is 0 Å². The number of aliphatic hydroxyl groups is 1. The predicted molar refractivity (Wildman–Crippen MR) is 104 cm³/mol. The average Bonchev–Trinajstić information content (AvgIpc) is 2.99. The van der Waals surface area contributed by atoms with Crippen molar-refractivity contribution in [3.8, 4) is 11.1 Å². The van der Waals surface area contributed by atoms with Crippen LogP contribution in [0.3, 0.4) is 0 Å². The highest BCUT2D eigenvalue weighted by Crippen LogP contribution is 2.39. The van der Waals surface area contributed by atoms with E-state index in [0.717, 1.165) is 0 Å². The van der Waals surface area contributed by atoms with Crippen molar-refractivity contribution in [1.29, 1.82) is 0 Å². The van der Waals surface area contributed by atoms with Crippen LogP contribution in [0.5, 0.6) is 0 Å². The first-order valence-electron chi connectivity index (χ1n) is 7.60. The lowest BCUT2D eigenvalue weighted by atomic mass is 10.0. The van der Waals surface area contributed by atoms with Gasteiger partial charge in [0.15, 0.2) is 0 Å². The number of ether oxygens (including phenoxy) is 1. The minimum Gasteiger partial charge on any atom is -0.462 e. The lowest BCUT2D eigenvalue weighted by Crippen LogP contribution is -2.16. The lowest BCUT2D eigenvalue weighted by molar-refractivity contribution is -0.113. The van der Waals surface area contributed by atoms with E-state index in [1.807, 2.05) is 18.2 Å². The molecule has 25 heavy (non-hydrogen) atoms. The summed E-state index contributed by atoms with van der Waals surface area (Å²) in [6.07, 6.45) is 0. The maximum atomic E-state index is 12.4. The van der Waals surface area contributed by atoms with E-state index in [1.165, 1.54) is 23.1 Å². The molecule has 0 aliphatic carbocycles. The molecule has 2 aromatic rings. The number of amides is 1. The zero-order valence-electron chi connectivity index (χ0n) is 13.6. The fraction of sp³-hybridized carbons (Fsp3) is 0.294. The highest BCUT2D eigenvalue weighted by Gasteiger charge is 2.23. The van der Waals surface area contributed by atoms with E-state index in [4.69, 9.17) is 21.4 Å². The van der Waals surface area contributed by atoms with E-state index in [1.54, 1.807) is 18.4 Å².